The predicted molar refractivity (Wildman–Crippen MR) is 55.4 cm³/mol. The summed E-state index contributed by atoms with van der Waals surface area (Å²) in [6, 6.07) is 4.17. The number of hydrogen-bond acceptors (Lipinski definition) is 1. The number of pyridine rings is 1. The molecule has 0 atom stereocenters. The van der Waals surface area contributed by atoms with Crippen molar-refractivity contribution in [1.82, 2.24) is 4.98 Å². The molecule has 0 fully saturated rings. The Labute approximate surface area is 78.8 Å². The highest BCUT2D eigenvalue weighted by Gasteiger charge is 2.08. The Bertz CT molecular complexity index is 415. The van der Waals surface area contributed by atoms with Gasteiger partial charge in [-0.3, -0.25) is 4.98 Å². The normalized spacial score (nSPS) is 15.5. The van der Waals surface area contributed by atoms with Crippen molar-refractivity contribution in [2.24, 2.45) is 5.92 Å². The smallest absolute Gasteiger partial charge is 0.0693 e. The molecule has 13 heavy (non-hydrogen) atoms. The maximum absolute atomic E-state index is 4.45. The fourth-order valence-electron chi connectivity index (χ4n) is 1.91. The third-order valence-corrected chi connectivity index (χ3v) is 2.62. The second-order valence-corrected chi connectivity index (χ2v) is 3.86. The Morgan fingerprint density at radius 1 is 1.38 bits per heavy atom. The minimum Gasteiger partial charge on any atom is -0.256 e. The lowest BCUT2D eigenvalue weighted by Crippen LogP contribution is -2.33. The van der Waals surface area contributed by atoms with Gasteiger partial charge >= 0.3 is 0 Å². The largest absolute Gasteiger partial charge is 0.256 e. The van der Waals surface area contributed by atoms with E-state index in [0.29, 0.717) is 5.92 Å². The first-order valence-corrected chi connectivity index (χ1v) is 4.93. The van der Waals surface area contributed by atoms with Crippen LogP contribution in [0.1, 0.15) is 26.7 Å². The summed E-state index contributed by atoms with van der Waals surface area (Å²) in [6.07, 6.45) is 6.53. The van der Waals surface area contributed by atoms with Gasteiger partial charge in [-0.15, -0.1) is 0 Å². The van der Waals surface area contributed by atoms with Crippen LogP contribution in [-0.2, 0) is 0 Å². The molecular weight excluding hydrogens is 158 g/mol. The first-order valence-electron chi connectivity index (χ1n) is 4.93. The summed E-state index contributed by atoms with van der Waals surface area (Å²) in [6.45, 7) is 4.50. The van der Waals surface area contributed by atoms with Crippen LogP contribution in [0.5, 0.6) is 0 Å². The zero-order chi connectivity index (χ0) is 9.26. The van der Waals surface area contributed by atoms with Crippen LogP contribution in [0.2, 0.25) is 0 Å². The lowest BCUT2D eigenvalue weighted by Gasteiger charge is -2.13. The summed E-state index contributed by atoms with van der Waals surface area (Å²) in [7, 11) is 0. The molecule has 1 aromatic rings. The van der Waals surface area contributed by atoms with Gasteiger partial charge in [-0.2, -0.15) is 0 Å². The molecule has 0 bridgehead atoms. The maximum Gasteiger partial charge on any atom is 0.0693 e. The van der Waals surface area contributed by atoms with Gasteiger partial charge in [-0.1, -0.05) is 26.0 Å². The number of rotatable bonds is 1. The molecule has 0 saturated carbocycles. The first-order chi connectivity index (χ1) is 6.29. The molecule has 1 aliphatic rings. The number of aromatic nitrogens is 1. The van der Waals surface area contributed by atoms with E-state index in [-0.39, 0.29) is 0 Å². The van der Waals surface area contributed by atoms with Crippen LogP contribution in [-0.4, -0.2) is 4.98 Å². The minimum atomic E-state index is 0.627. The van der Waals surface area contributed by atoms with Crippen LogP contribution in [0, 0.1) is 5.92 Å². The van der Waals surface area contributed by atoms with E-state index < -0.39 is 0 Å². The molecule has 0 spiro atoms. The van der Waals surface area contributed by atoms with E-state index in [4.69, 9.17) is 0 Å². The van der Waals surface area contributed by atoms with E-state index in [9.17, 15) is 0 Å². The quantitative estimate of drug-likeness (QED) is 0.626. The van der Waals surface area contributed by atoms with Crippen molar-refractivity contribution in [2.75, 3.05) is 0 Å². The van der Waals surface area contributed by atoms with Crippen LogP contribution < -0.4 is 10.6 Å². The highest BCUT2D eigenvalue weighted by molar-refractivity contribution is 5.50. The minimum absolute atomic E-state index is 0.627. The standard InChI is InChI=1S/C12H15N/c1-9(2)11-7-3-5-10-6-4-8-13-12(10)11/h4-6,8-9H,3,7H2,1-2H3. The molecule has 0 aliphatic heterocycles. The van der Waals surface area contributed by atoms with Crippen LogP contribution >= 0.6 is 0 Å². The van der Waals surface area contributed by atoms with Gasteiger partial charge in [0.05, 0.1) is 5.35 Å². The van der Waals surface area contributed by atoms with Crippen molar-refractivity contribution in [2.45, 2.75) is 26.7 Å². The molecule has 0 saturated heterocycles. The summed E-state index contributed by atoms with van der Waals surface area (Å²) in [5, 5.41) is 2.54. The lowest BCUT2D eigenvalue weighted by molar-refractivity contribution is 0.789. The summed E-state index contributed by atoms with van der Waals surface area (Å²) in [5.74, 6) is 0.627. The van der Waals surface area contributed by atoms with E-state index in [1.807, 2.05) is 12.3 Å². The average Bonchev–Trinajstić information content (AvgIpc) is 2.17. The molecule has 0 unspecified atom stereocenters. The second-order valence-electron chi connectivity index (χ2n) is 3.86. The second kappa shape index (κ2) is 3.33. The van der Waals surface area contributed by atoms with Crippen molar-refractivity contribution < 1.29 is 0 Å². The maximum atomic E-state index is 4.45. The number of nitrogens with zero attached hydrogens (tertiary/aromatic N) is 1. The molecular formula is C12H15N. The fourth-order valence-corrected chi connectivity index (χ4v) is 1.91. The molecule has 1 nitrogen and oxygen atoms in total. The van der Waals surface area contributed by atoms with Gasteiger partial charge in [-0.25, -0.2) is 0 Å². The Morgan fingerprint density at radius 3 is 3.00 bits per heavy atom. The predicted octanol–water partition coefficient (Wildman–Crippen LogP) is 1.46. The van der Waals surface area contributed by atoms with E-state index in [2.05, 4.69) is 31.0 Å². The summed E-state index contributed by atoms with van der Waals surface area (Å²) in [4.78, 5) is 4.45. The zero-order valence-corrected chi connectivity index (χ0v) is 8.25. The lowest BCUT2D eigenvalue weighted by atomic mass is 9.94. The number of fused-ring (bicyclic) bond motifs is 1. The van der Waals surface area contributed by atoms with Gasteiger partial charge in [0.2, 0.25) is 0 Å². The van der Waals surface area contributed by atoms with Gasteiger partial charge in [-0.05, 0) is 35.6 Å². The van der Waals surface area contributed by atoms with Crippen LogP contribution in [0.4, 0.5) is 0 Å². The fraction of sp³-hybridized carbons (Fsp3) is 0.417. The molecule has 1 heteroatoms. The Kier molecular flexibility index (Phi) is 2.17. The molecule has 1 aromatic heterocycles. The molecule has 0 N–H and O–H groups in total. The van der Waals surface area contributed by atoms with Gasteiger partial charge in [0, 0.05) is 6.20 Å². The molecule has 1 heterocycles. The number of hydrogen-bond donors (Lipinski definition) is 0. The Morgan fingerprint density at radius 2 is 2.23 bits per heavy atom. The van der Waals surface area contributed by atoms with Crippen LogP contribution in [0.15, 0.2) is 18.3 Å². The summed E-state index contributed by atoms with van der Waals surface area (Å²) < 4.78 is 0. The molecule has 0 amide bonds. The van der Waals surface area contributed by atoms with E-state index in [0.717, 1.165) is 0 Å². The third kappa shape index (κ3) is 1.51. The van der Waals surface area contributed by atoms with Gasteiger partial charge in [0.25, 0.3) is 0 Å². The van der Waals surface area contributed by atoms with Gasteiger partial charge in [0.15, 0.2) is 0 Å². The van der Waals surface area contributed by atoms with E-state index in [1.54, 1.807) is 0 Å². The van der Waals surface area contributed by atoms with Crippen molar-refractivity contribution in [3.05, 3.63) is 28.9 Å². The molecule has 1 aliphatic carbocycles. The van der Waals surface area contributed by atoms with Crippen molar-refractivity contribution in [3.8, 4) is 0 Å². The van der Waals surface area contributed by atoms with E-state index in [1.165, 1.54) is 29.0 Å². The van der Waals surface area contributed by atoms with Crippen molar-refractivity contribution in [1.29, 1.82) is 0 Å². The summed E-state index contributed by atoms with van der Waals surface area (Å²) in [5.41, 5.74) is 1.51. The third-order valence-electron chi connectivity index (χ3n) is 2.62. The Hall–Kier alpha value is -1.11. The van der Waals surface area contributed by atoms with Crippen LogP contribution in [0.25, 0.3) is 11.6 Å². The SMILES string of the molecule is CC(C)C1=c2ncccc2=CCC1. The highest BCUT2D eigenvalue weighted by atomic mass is 14.6. The molecule has 0 aromatic carbocycles. The molecule has 68 valence electrons. The Balaban J connectivity index is 2.76. The molecule has 0 radical (unpaired) electrons. The van der Waals surface area contributed by atoms with Gasteiger partial charge < -0.3 is 0 Å². The van der Waals surface area contributed by atoms with Gasteiger partial charge in [0.1, 0.15) is 0 Å². The highest BCUT2D eigenvalue weighted by Crippen LogP contribution is 2.16. The zero-order valence-electron chi connectivity index (χ0n) is 8.25. The van der Waals surface area contributed by atoms with Crippen molar-refractivity contribution >= 4 is 11.6 Å². The molecule has 2 rings (SSSR count). The first kappa shape index (κ1) is 8.49. The monoisotopic (exact) mass is 173 g/mol. The summed E-state index contributed by atoms with van der Waals surface area (Å²) >= 11 is 0. The average molecular weight is 173 g/mol. The van der Waals surface area contributed by atoms with Crippen molar-refractivity contribution in [3.63, 3.8) is 0 Å². The van der Waals surface area contributed by atoms with Crippen LogP contribution in [0.3, 0.4) is 0 Å². The van der Waals surface area contributed by atoms with E-state index >= 15 is 0 Å². The topological polar surface area (TPSA) is 12.9 Å².